The number of hydrogen-bond donors (Lipinski definition) is 0. The van der Waals surface area contributed by atoms with Crippen molar-refractivity contribution in [3.63, 3.8) is 0 Å². The lowest BCUT2D eigenvalue weighted by Crippen LogP contribution is -2.03. The SMILES string of the molecule is COC(=O)c1cn(Cc2ccc(F)cc2Cl)nc1C(F)F. The Morgan fingerprint density at radius 3 is 2.76 bits per heavy atom. The van der Waals surface area contributed by atoms with E-state index in [1.165, 1.54) is 12.1 Å². The molecule has 1 heterocycles. The van der Waals surface area contributed by atoms with Gasteiger partial charge in [0.2, 0.25) is 0 Å². The average molecular weight is 319 g/mol. The second kappa shape index (κ2) is 6.17. The molecule has 0 saturated heterocycles. The molecule has 112 valence electrons. The third-order valence-corrected chi connectivity index (χ3v) is 3.10. The highest BCUT2D eigenvalue weighted by atomic mass is 35.5. The van der Waals surface area contributed by atoms with Crippen LogP contribution in [0.15, 0.2) is 24.4 Å². The maximum Gasteiger partial charge on any atom is 0.341 e. The van der Waals surface area contributed by atoms with Gasteiger partial charge in [0.1, 0.15) is 17.1 Å². The average Bonchev–Trinajstić information content (AvgIpc) is 2.85. The van der Waals surface area contributed by atoms with Gasteiger partial charge in [-0.15, -0.1) is 0 Å². The van der Waals surface area contributed by atoms with Crippen LogP contribution in [-0.4, -0.2) is 22.9 Å². The number of esters is 1. The number of carbonyl (C=O) groups is 1. The topological polar surface area (TPSA) is 44.1 Å². The lowest BCUT2D eigenvalue weighted by Gasteiger charge is -2.04. The Hall–Kier alpha value is -2.02. The molecule has 0 radical (unpaired) electrons. The Kier molecular flexibility index (Phi) is 4.52. The smallest absolute Gasteiger partial charge is 0.341 e. The third kappa shape index (κ3) is 3.36. The molecule has 2 rings (SSSR count). The third-order valence-electron chi connectivity index (χ3n) is 2.75. The Balaban J connectivity index is 2.34. The van der Waals surface area contributed by atoms with Crippen LogP contribution >= 0.6 is 11.6 Å². The summed E-state index contributed by atoms with van der Waals surface area (Å²) >= 11 is 5.86. The van der Waals surface area contributed by atoms with Crippen LogP contribution in [0.4, 0.5) is 13.2 Å². The number of nitrogens with zero attached hydrogens (tertiary/aromatic N) is 2. The minimum absolute atomic E-state index is 0.0236. The summed E-state index contributed by atoms with van der Waals surface area (Å²) in [4.78, 5) is 11.4. The van der Waals surface area contributed by atoms with Gasteiger partial charge >= 0.3 is 5.97 Å². The van der Waals surface area contributed by atoms with E-state index in [9.17, 15) is 18.0 Å². The van der Waals surface area contributed by atoms with Crippen LogP contribution in [0.2, 0.25) is 5.02 Å². The lowest BCUT2D eigenvalue weighted by atomic mass is 10.2. The maximum atomic E-state index is 12.9. The van der Waals surface area contributed by atoms with Crippen LogP contribution in [-0.2, 0) is 11.3 Å². The summed E-state index contributed by atoms with van der Waals surface area (Å²) in [5.41, 5.74) is -0.497. The maximum absolute atomic E-state index is 12.9. The molecule has 1 aromatic carbocycles. The Morgan fingerprint density at radius 1 is 1.48 bits per heavy atom. The molecule has 0 atom stereocenters. The minimum atomic E-state index is -2.91. The van der Waals surface area contributed by atoms with E-state index in [-0.39, 0.29) is 17.1 Å². The number of carbonyl (C=O) groups excluding carboxylic acids is 1. The number of alkyl halides is 2. The Labute approximate surface area is 123 Å². The molecule has 2 aromatic rings. The van der Waals surface area contributed by atoms with E-state index in [0.717, 1.165) is 24.1 Å². The number of ether oxygens (including phenoxy) is 1. The van der Waals surface area contributed by atoms with E-state index in [1.54, 1.807) is 0 Å². The lowest BCUT2D eigenvalue weighted by molar-refractivity contribution is 0.0589. The first-order valence-electron chi connectivity index (χ1n) is 5.80. The molecule has 0 N–H and O–H groups in total. The molecular weight excluding hydrogens is 309 g/mol. The predicted molar refractivity (Wildman–Crippen MR) is 69.0 cm³/mol. The van der Waals surface area contributed by atoms with Gasteiger partial charge < -0.3 is 4.74 Å². The molecule has 0 saturated carbocycles. The highest BCUT2D eigenvalue weighted by molar-refractivity contribution is 6.31. The first kappa shape index (κ1) is 15.4. The molecular formula is C13H10ClF3N2O2. The molecule has 1 aromatic heterocycles. The molecule has 0 amide bonds. The molecule has 21 heavy (non-hydrogen) atoms. The van der Waals surface area contributed by atoms with Crippen LogP contribution < -0.4 is 0 Å². The molecule has 8 heteroatoms. The fourth-order valence-corrected chi connectivity index (χ4v) is 2.00. The van der Waals surface area contributed by atoms with Crippen molar-refractivity contribution < 1.29 is 22.7 Å². The van der Waals surface area contributed by atoms with Gasteiger partial charge in [-0.3, -0.25) is 4.68 Å². The van der Waals surface area contributed by atoms with Crippen molar-refractivity contribution in [3.8, 4) is 0 Å². The predicted octanol–water partition coefficient (Wildman–Crippen LogP) is 3.45. The normalized spacial score (nSPS) is 11.0. The van der Waals surface area contributed by atoms with Gasteiger partial charge in [-0.05, 0) is 17.7 Å². The van der Waals surface area contributed by atoms with Crippen molar-refractivity contribution in [3.05, 3.63) is 52.1 Å². The van der Waals surface area contributed by atoms with E-state index in [0.29, 0.717) is 5.56 Å². The molecule has 0 aliphatic rings. The van der Waals surface area contributed by atoms with E-state index < -0.39 is 23.9 Å². The molecule has 4 nitrogen and oxygen atoms in total. The van der Waals surface area contributed by atoms with E-state index >= 15 is 0 Å². The number of halogens is 4. The van der Waals surface area contributed by atoms with Gasteiger partial charge in [0.15, 0.2) is 0 Å². The summed E-state index contributed by atoms with van der Waals surface area (Å²) in [6.45, 7) is 0.0236. The number of hydrogen-bond acceptors (Lipinski definition) is 3. The van der Waals surface area contributed by atoms with Crippen molar-refractivity contribution >= 4 is 17.6 Å². The summed E-state index contributed by atoms with van der Waals surface area (Å²) in [5, 5.41) is 3.79. The van der Waals surface area contributed by atoms with Gasteiger partial charge in [0, 0.05) is 11.2 Å². The minimum Gasteiger partial charge on any atom is -0.465 e. The van der Waals surface area contributed by atoms with E-state index in [1.807, 2.05) is 0 Å². The van der Waals surface area contributed by atoms with Gasteiger partial charge in [0.05, 0.1) is 13.7 Å². The van der Waals surface area contributed by atoms with Crippen molar-refractivity contribution in [2.45, 2.75) is 13.0 Å². The van der Waals surface area contributed by atoms with Crippen LogP contribution in [0.5, 0.6) is 0 Å². The van der Waals surface area contributed by atoms with Gasteiger partial charge in [-0.25, -0.2) is 18.0 Å². The number of aromatic nitrogens is 2. The first-order chi connectivity index (χ1) is 9.92. The van der Waals surface area contributed by atoms with E-state index in [4.69, 9.17) is 11.6 Å². The molecule has 0 aliphatic carbocycles. The van der Waals surface area contributed by atoms with Gasteiger partial charge in [-0.2, -0.15) is 5.10 Å². The summed E-state index contributed by atoms with van der Waals surface area (Å²) in [7, 11) is 1.09. The Morgan fingerprint density at radius 2 is 2.19 bits per heavy atom. The molecule has 0 spiro atoms. The van der Waals surface area contributed by atoms with Crippen molar-refractivity contribution in [1.82, 2.24) is 9.78 Å². The zero-order valence-electron chi connectivity index (χ0n) is 10.8. The van der Waals surface area contributed by atoms with Crippen LogP contribution in [0.3, 0.4) is 0 Å². The van der Waals surface area contributed by atoms with Crippen LogP contribution in [0, 0.1) is 5.82 Å². The van der Waals surface area contributed by atoms with Gasteiger partial charge in [-0.1, -0.05) is 17.7 Å². The van der Waals surface area contributed by atoms with Crippen LogP contribution in [0.25, 0.3) is 0 Å². The largest absolute Gasteiger partial charge is 0.465 e. The quantitative estimate of drug-likeness (QED) is 0.811. The van der Waals surface area contributed by atoms with Crippen molar-refractivity contribution in [2.24, 2.45) is 0 Å². The monoisotopic (exact) mass is 318 g/mol. The van der Waals surface area contributed by atoms with Crippen molar-refractivity contribution in [2.75, 3.05) is 7.11 Å². The van der Waals surface area contributed by atoms with Gasteiger partial charge in [0.25, 0.3) is 6.43 Å². The van der Waals surface area contributed by atoms with E-state index in [2.05, 4.69) is 9.84 Å². The second-order valence-corrected chi connectivity index (χ2v) is 4.56. The zero-order chi connectivity index (χ0) is 15.6. The molecule has 0 bridgehead atoms. The Bertz CT molecular complexity index is 673. The first-order valence-corrected chi connectivity index (χ1v) is 6.18. The molecule has 0 fully saturated rings. The summed E-state index contributed by atoms with van der Waals surface area (Å²) in [5.74, 6) is -1.41. The number of methoxy groups -OCH3 is 1. The highest BCUT2D eigenvalue weighted by Gasteiger charge is 2.24. The molecule has 0 unspecified atom stereocenters. The highest BCUT2D eigenvalue weighted by Crippen LogP contribution is 2.23. The standard InChI is InChI=1S/C13H10ClF3N2O2/c1-21-13(20)9-6-19(18-11(9)12(16)17)5-7-2-3-8(15)4-10(7)14/h2-4,6,12H,5H2,1H3. The summed E-state index contributed by atoms with van der Waals surface area (Å²) in [6, 6.07) is 3.72. The summed E-state index contributed by atoms with van der Waals surface area (Å²) < 4.78 is 44.2. The fraction of sp³-hybridized carbons (Fsp3) is 0.231. The number of benzene rings is 1. The zero-order valence-corrected chi connectivity index (χ0v) is 11.6. The molecule has 0 aliphatic heterocycles. The fourth-order valence-electron chi connectivity index (χ4n) is 1.77. The van der Waals surface area contributed by atoms with Crippen LogP contribution in [0.1, 0.15) is 28.0 Å². The van der Waals surface area contributed by atoms with Crippen molar-refractivity contribution in [1.29, 1.82) is 0 Å². The second-order valence-electron chi connectivity index (χ2n) is 4.15. The summed E-state index contributed by atoms with van der Waals surface area (Å²) in [6.07, 6.45) is -1.77. The number of rotatable bonds is 4.